The molecule has 43 heavy (non-hydrogen) atoms. The molecule has 16 heteroatoms. The van der Waals surface area contributed by atoms with Gasteiger partial charge in [0.15, 0.2) is 35.1 Å². The van der Waals surface area contributed by atoms with Crippen LogP contribution in [0.5, 0.6) is 0 Å². The molecule has 5 atom stereocenters. The van der Waals surface area contributed by atoms with E-state index >= 15 is 0 Å². The van der Waals surface area contributed by atoms with Gasteiger partial charge in [0.2, 0.25) is 0 Å². The minimum atomic E-state index is -2.28. The minimum Gasteiger partial charge on any atom is -0.354 e. The number of nitrogens with one attached hydrogen (secondary N) is 3. The summed E-state index contributed by atoms with van der Waals surface area (Å²) in [6.07, 6.45) is 2.37. The SMILES string of the molecule is CCCCCN(c1ccccc1NC(=O)Nc1ncnc2c1ncn2[C@@H]1O[C@H](C(=O)NCC)[C@H]2OC(C)(C)O[C@H]21)S(=O)O. The van der Waals surface area contributed by atoms with Crippen molar-refractivity contribution >= 4 is 51.6 Å². The van der Waals surface area contributed by atoms with Gasteiger partial charge in [-0.3, -0.25) is 23.5 Å². The van der Waals surface area contributed by atoms with E-state index in [1.165, 1.54) is 17.0 Å². The fourth-order valence-corrected chi connectivity index (χ4v) is 5.88. The van der Waals surface area contributed by atoms with Gasteiger partial charge in [0.25, 0.3) is 17.2 Å². The first kappa shape index (κ1) is 30.7. The fraction of sp³-hybridized carbons (Fsp3) is 0.519. The van der Waals surface area contributed by atoms with E-state index in [0.717, 1.165) is 19.3 Å². The van der Waals surface area contributed by atoms with Crippen molar-refractivity contribution in [2.45, 2.75) is 77.3 Å². The van der Waals surface area contributed by atoms with E-state index in [2.05, 4.69) is 30.9 Å². The number of benzene rings is 1. The third-order valence-electron chi connectivity index (χ3n) is 7.08. The number of likely N-dealkylation sites (N-methyl/N-ethyl adjacent to an activating group) is 1. The molecule has 3 amide bonds. The number of hydrogen-bond acceptors (Lipinski definition) is 9. The molecule has 0 radical (unpaired) electrons. The van der Waals surface area contributed by atoms with Crippen LogP contribution in [0.1, 0.15) is 53.2 Å². The molecule has 4 N–H and O–H groups in total. The Bertz CT molecular complexity index is 1500. The maximum Gasteiger partial charge on any atom is 0.324 e. The van der Waals surface area contributed by atoms with Crippen LogP contribution in [-0.2, 0) is 30.3 Å². The third-order valence-corrected chi connectivity index (χ3v) is 7.83. The van der Waals surface area contributed by atoms with E-state index in [0.29, 0.717) is 30.1 Å². The molecule has 0 bridgehead atoms. The van der Waals surface area contributed by atoms with Gasteiger partial charge in [-0.25, -0.2) is 24.0 Å². The summed E-state index contributed by atoms with van der Waals surface area (Å²) < 4.78 is 43.2. The van der Waals surface area contributed by atoms with Crippen LogP contribution in [0.3, 0.4) is 0 Å². The zero-order valence-electron chi connectivity index (χ0n) is 24.4. The van der Waals surface area contributed by atoms with Crippen molar-refractivity contribution in [3.63, 3.8) is 0 Å². The summed E-state index contributed by atoms with van der Waals surface area (Å²) >= 11 is -2.28. The van der Waals surface area contributed by atoms with E-state index < -0.39 is 47.6 Å². The number of hydrogen-bond donors (Lipinski definition) is 4. The molecule has 4 heterocycles. The van der Waals surface area contributed by atoms with Crippen LogP contribution in [0.25, 0.3) is 11.2 Å². The van der Waals surface area contributed by atoms with E-state index in [1.807, 2.05) is 13.8 Å². The lowest BCUT2D eigenvalue weighted by Gasteiger charge is -2.24. The summed E-state index contributed by atoms with van der Waals surface area (Å²) in [5.41, 5.74) is 1.38. The molecular weight excluding hydrogens is 580 g/mol. The van der Waals surface area contributed by atoms with Gasteiger partial charge in [0.1, 0.15) is 18.5 Å². The predicted molar refractivity (Wildman–Crippen MR) is 158 cm³/mol. The van der Waals surface area contributed by atoms with Gasteiger partial charge in [0, 0.05) is 13.1 Å². The van der Waals surface area contributed by atoms with Crippen LogP contribution in [0.4, 0.5) is 22.0 Å². The number of amides is 3. The number of ether oxygens (including phenoxy) is 3. The first-order valence-corrected chi connectivity index (χ1v) is 15.2. The second kappa shape index (κ2) is 12.9. The number of imidazole rings is 1. The number of unbranched alkanes of at least 4 members (excludes halogenated alkanes) is 2. The van der Waals surface area contributed by atoms with Gasteiger partial charge in [-0.1, -0.05) is 31.9 Å². The number of aromatic nitrogens is 4. The molecule has 2 aromatic heterocycles. The van der Waals surface area contributed by atoms with Crippen molar-refractivity contribution in [3.05, 3.63) is 36.9 Å². The van der Waals surface area contributed by atoms with E-state index in [4.69, 9.17) is 14.2 Å². The Morgan fingerprint density at radius 2 is 1.86 bits per heavy atom. The van der Waals surface area contributed by atoms with Crippen LogP contribution in [0.15, 0.2) is 36.9 Å². The van der Waals surface area contributed by atoms with Crippen LogP contribution < -0.4 is 20.3 Å². The average Bonchev–Trinajstić information content (AvgIpc) is 3.62. The van der Waals surface area contributed by atoms with Crippen molar-refractivity contribution in [2.24, 2.45) is 0 Å². The van der Waals surface area contributed by atoms with Crippen molar-refractivity contribution < 1.29 is 32.6 Å². The van der Waals surface area contributed by atoms with Gasteiger partial charge >= 0.3 is 6.03 Å². The molecule has 1 aromatic carbocycles. The lowest BCUT2D eigenvalue weighted by Crippen LogP contribution is -2.42. The highest BCUT2D eigenvalue weighted by atomic mass is 32.2. The molecule has 1 unspecified atom stereocenters. The number of nitrogens with zero attached hydrogens (tertiary/aromatic N) is 5. The maximum atomic E-state index is 13.1. The summed E-state index contributed by atoms with van der Waals surface area (Å²) in [5.74, 6) is -1.11. The number of anilines is 3. The summed E-state index contributed by atoms with van der Waals surface area (Å²) in [4.78, 5) is 38.9. The number of rotatable bonds is 11. The molecule has 2 fully saturated rings. The van der Waals surface area contributed by atoms with Gasteiger partial charge in [0.05, 0.1) is 17.7 Å². The first-order valence-electron chi connectivity index (χ1n) is 14.2. The Labute approximate surface area is 251 Å². The highest BCUT2D eigenvalue weighted by Crippen LogP contribution is 2.44. The molecule has 0 spiro atoms. The Morgan fingerprint density at radius 1 is 1.09 bits per heavy atom. The first-order chi connectivity index (χ1) is 20.6. The molecular formula is C27H36N8O7S. The minimum absolute atomic E-state index is 0.128. The molecule has 232 valence electrons. The van der Waals surface area contributed by atoms with Gasteiger partial charge < -0.3 is 24.8 Å². The molecule has 5 rings (SSSR count). The van der Waals surface area contributed by atoms with Gasteiger partial charge in [-0.05, 0) is 39.3 Å². The van der Waals surface area contributed by atoms with Gasteiger partial charge in [-0.2, -0.15) is 0 Å². The molecule has 2 aliphatic heterocycles. The number of para-hydroxylation sites is 2. The van der Waals surface area contributed by atoms with Crippen molar-refractivity contribution in [2.75, 3.05) is 28.0 Å². The monoisotopic (exact) mass is 616 g/mol. The summed E-state index contributed by atoms with van der Waals surface area (Å²) in [6.45, 7) is 8.19. The molecule has 15 nitrogen and oxygen atoms in total. The quantitative estimate of drug-likeness (QED) is 0.184. The van der Waals surface area contributed by atoms with Crippen LogP contribution in [0.2, 0.25) is 0 Å². The zero-order chi connectivity index (χ0) is 30.7. The van der Waals surface area contributed by atoms with Crippen LogP contribution in [-0.4, -0.2) is 77.4 Å². The van der Waals surface area contributed by atoms with E-state index in [1.54, 1.807) is 42.7 Å². The summed E-state index contributed by atoms with van der Waals surface area (Å²) in [6, 6.07) is 6.11. The topological polar surface area (TPSA) is 182 Å². The van der Waals surface area contributed by atoms with Crippen LogP contribution >= 0.6 is 0 Å². The predicted octanol–water partition coefficient (Wildman–Crippen LogP) is 3.16. The summed E-state index contributed by atoms with van der Waals surface area (Å²) in [5, 5.41) is 8.21. The molecule has 2 saturated heterocycles. The lowest BCUT2D eigenvalue weighted by atomic mass is 10.1. The smallest absolute Gasteiger partial charge is 0.324 e. The van der Waals surface area contributed by atoms with Crippen molar-refractivity contribution in [1.29, 1.82) is 0 Å². The van der Waals surface area contributed by atoms with Crippen molar-refractivity contribution in [1.82, 2.24) is 24.8 Å². The normalized spacial score (nSPS) is 23.1. The molecule has 2 aliphatic rings. The Balaban J connectivity index is 1.37. The molecule has 3 aromatic rings. The van der Waals surface area contributed by atoms with E-state index in [9.17, 15) is 18.4 Å². The number of carbonyl (C=O) groups is 2. The number of urea groups is 1. The second-order valence-corrected chi connectivity index (χ2v) is 11.5. The Kier molecular flexibility index (Phi) is 9.22. The number of carbonyl (C=O) groups excluding carboxylic acids is 2. The summed E-state index contributed by atoms with van der Waals surface area (Å²) in [7, 11) is 0. The number of fused-ring (bicyclic) bond motifs is 2. The molecule has 0 aliphatic carbocycles. The Hall–Kier alpha value is -3.70. The van der Waals surface area contributed by atoms with E-state index in [-0.39, 0.29) is 17.2 Å². The maximum absolute atomic E-state index is 13.1. The standard InChI is InChI=1S/C27H36N8O7S/c1-5-7-10-13-35(43(38)39)17-12-9-8-11-16(17)32-26(37)33-22-18-23(30-14-29-22)34(15-31-18)25-21-19(41-27(3,4)42-21)20(40-25)24(36)28-6-2/h8-9,11-12,14-15,19-21,25H,5-7,10,13H2,1-4H3,(H,28,36)(H,38,39)(H2,29,30,32,33,37)/t19-,20+,21-,25-/m1/s1. The lowest BCUT2D eigenvalue weighted by molar-refractivity contribution is -0.197. The largest absolute Gasteiger partial charge is 0.354 e. The zero-order valence-corrected chi connectivity index (χ0v) is 25.2. The highest BCUT2D eigenvalue weighted by molar-refractivity contribution is 7.80. The third kappa shape index (κ3) is 6.47. The molecule has 0 saturated carbocycles. The second-order valence-electron chi connectivity index (χ2n) is 10.6. The van der Waals surface area contributed by atoms with Crippen molar-refractivity contribution in [3.8, 4) is 0 Å². The Morgan fingerprint density at radius 3 is 2.60 bits per heavy atom. The average molecular weight is 617 g/mol. The van der Waals surface area contributed by atoms with Gasteiger partial charge in [-0.15, -0.1) is 0 Å². The fourth-order valence-electron chi connectivity index (χ4n) is 5.26. The van der Waals surface area contributed by atoms with Crippen LogP contribution in [0, 0.1) is 0 Å². The highest BCUT2D eigenvalue weighted by Gasteiger charge is 2.58.